The molecule has 5 heteroatoms. The predicted molar refractivity (Wildman–Crippen MR) is 80.0 cm³/mol. The fourth-order valence-electron chi connectivity index (χ4n) is 2.35. The molecule has 1 aromatic rings. The van der Waals surface area contributed by atoms with Crippen molar-refractivity contribution in [3.05, 3.63) is 29.3 Å². The number of benzene rings is 1. The third-order valence-electron chi connectivity index (χ3n) is 3.72. The SMILES string of the molecule is C[NH+]1CC[NH+](CCOCCOc2ccc(Cl)cc2)CC1. The Labute approximate surface area is 126 Å². The van der Waals surface area contributed by atoms with Crippen LogP contribution in [0.1, 0.15) is 0 Å². The molecule has 1 saturated heterocycles. The van der Waals surface area contributed by atoms with E-state index in [4.69, 9.17) is 21.1 Å². The summed E-state index contributed by atoms with van der Waals surface area (Å²) in [6.07, 6.45) is 0. The number of hydrogen-bond donors (Lipinski definition) is 2. The molecule has 1 aromatic carbocycles. The van der Waals surface area contributed by atoms with Crippen LogP contribution in [0.15, 0.2) is 24.3 Å². The number of halogens is 1. The Hall–Kier alpha value is -0.810. The first-order valence-electron chi connectivity index (χ1n) is 7.35. The maximum absolute atomic E-state index is 5.81. The van der Waals surface area contributed by atoms with Crippen LogP contribution in [-0.2, 0) is 4.74 Å². The molecule has 0 spiro atoms. The lowest BCUT2D eigenvalue weighted by Gasteiger charge is -2.27. The molecule has 0 radical (unpaired) electrons. The lowest BCUT2D eigenvalue weighted by molar-refractivity contribution is -1.00. The second-order valence-electron chi connectivity index (χ2n) is 5.37. The molecule has 0 atom stereocenters. The predicted octanol–water partition coefficient (Wildman–Crippen LogP) is -0.851. The van der Waals surface area contributed by atoms with E-state index in [1.54, 1.807) is 9.80 Å². The van der Waals surface area contributed by atoms with Gasteiger partial charge < -0.3 is 19.3 Å². The van der Waals surface area contributed by atoms with Gasteiger partial charge in [0, 0.05) is 5.02 Å². The maximum atomic E-state index is 5.81. The molecule has 1 fully saturated rings. The van der Waals surface area contributed by atoms with Gasteiger partial charge in [-0.25, -0.2) is 0 Å². The fourth-order valence-corrected chi connectivity index (χ4v) is 2.47. The first-order chi connectivity index (χ1) is 9.74. The molecule has 1 aliphatic heterocycles. The maximum Gasteiger partial charge on any atom is 0.127 e. The molecule has 112 valence electrons. The Morgan fingerprint density at radius 1 is 1.00 bits per heavy atom. The summed E-state index contributed by atoms with van der Waals surface area (Å²) in [5, 5.41) is 0.727. The van der Waals surface area contributed by atoms with Gasteiger partial charge in [-0.15, -0.1) is 0 Å². The smallest absolute Gasteiger partial charge is 0.127 e. The lowest BCUT2D eigenvalue weighted by Crippen LogP contribution is -3.27. The molecule has 20 heavy (non-hydrogen) atoms. The Bertz CT molecular complexity index is 378. The van der Waals surface area contributed by atoms with Crippen LogP contribution in [0.5, 0.6) is 5.75 Å². The van der Waals surface area contributed by atoms with Gasteiger partial charge in [0.05, 0.1) is 20.3 Å². The third-order valence-corrected chi connectivity index (χ3v) is 3.97. The molecule has 0 amide bonds. The quantitative estimate of drug-likeness (QED) is 0.642. The fraction of sp³-hybridized carbons (Fsp3) is 0.600. The molecule has 0 bridgehead atoms. The second-order valence-corrected chi connectivity index (χ2v) is 5.81. The van der Waals surface area contributed by atoms with Gasteiger partial charge in [-0.2, -0.15) is 0 Å². The van der Waals surface area contributed by atoms with Crippen molar-refractivity contribution in [2.45, 2.75) is 0 Å². The van der Waals surface area contributed by atoms with E-state index in [2.05, 4.69) is 7.05 Å². The molecular formula is C15H25ClN2O2+2. The zero-order valence-corrected chi connectivity index (χ0v) is 12.9. The van der Waals surface area contributed by atoms with Crippen LogP contribution < -0.4 is 14.5 Å². The zero-order chi connectivity index (χ0) is 14.2. The minimum absolute atomic E-state index is 0.587. The van der Waals surface area contributed by atoms with E-state index in [1.807, 2.05) is 24.3 Å². The summed E-state index contributed by atoms with van der Waals surface area (Å²) < 4.78 is 11.2. The van der Waals surface area contributed by atoms with Crippen molar-refractivity contribution in [2.24, 2.45) is 0 Å². The summed E-state index contributed by atoms with van der Waals surface area (Å²) in [4.78, 5) is 3.31. The van der Waals surface area contributed by atoms with Crippen LogP contribution in [-0.4, -0.2) is 59.6 Å². The van der Waals surface area contributed by atoms with Gasteiger partial charge in [-0.3, -0.25) is 0 Å². The second kappa shape index (κ2) is 8.47. The summed E-state index contributed by atoms with van der Waals surface area (Å²) in [6, 6.07) is 7.41. The van der Waals surface area contributed by atoms with E-state index in [9.17, 15) is 0 Å². The first kappa shape index (κ1) is 15.6. The van der Waals surface area contributed by atoms with Gasteiger partial charge in [0.25, 0.3) is 0 Å². The van der Waals surface area contributed by atoms with E-state index >= 15 is 0 Å². The summed E-state index contributed by atoms with van der Waals surface area (Å²) in [5.41, 5.74) is 0. The number of nitrogens with one attached hydrogen (secondary N) is 2. The Kier molecular flexibility index (Phi) is 6.60. The van der Waals surface area contributed by atoms with E-state index < -0.39 is 0 Å². The summed E-state index contributed by atoms with van der Waals surface area (Å²) >= 11 is 5.81. The molecule has 0 aliphatic carbocycles. The Balaban J connectivity index is 1.48. The molecule has 2 N–H and O–H groups in total. The third kappa shape index (κ3) is 5.67. The Morgan fingerprint density at radius 2 is 1.70 bits per heavy atom. The van der Waals surface area contributed by atoms with Crippen molar-refractivity contribution in [1.82, 2.24) is 0 Å². The Morgan fingerprint density at radius 3 is 2.40 bits per heavy atom. The van der Waals surface area contributed by atoms with Crippen molar-refractivity contribution in [3.63, 3.8) is 0 Å². The topological polar surface area (TPSA) is 27.3 Å². The largest absolute Gasteiger partial charge is 0.491 e. The van der Waals surface area contributed by atoms with Gasteiger partial charge in [0.1, 0.15) is 45.1 Å². The van der Waals surface area contributed by atoms with Crippen molar-refractivity contribution < 1.29 is 19.3 Å². The minimum Gasteiger partial charge on any atom is -0.491 e. The van der Waals surface area contributed by atoms with Crippen molar-refractivity contribution >= 4 is 11.6 Å². The van der Waals surface area contributed by atoms with Crippen LogP contribution >= 0.6 is 11.6 Å². The lowest BCUT2D eigenvalue weighted by atomic mass is 10.3. The molecule has 0 saturated carbocycles. The van der Waals surface area contributed by atoms with Gasteiger partial charge >= 0.3 is 0 Å². The van der Waals surface area contributed by atoms with Gasteiger partial charge in [0.15, 0.2) is 0 Å². The van der Waals surface area contributed by atoms with Gasteiger partial charge in [0.2, 0.25) is 0 Å². The summed E-state index contributed by atoms with van der Waals surface area (Å²) in [6.45, 7) is 8.22. The standard InChI is InChI=1S/C15H23ClN2O2/c1-17-6-8-18(9-7-17)10-11-19-12-13-20-15-4-2-14(16)3-5-15/h2-5H,6-13H2,1H3/p+2. The molecular weight excluding hydrogens is 276 g/mol. The summed E-state index contributed by atoms with van der Waals surface area (Å²) in [7, 11) is 2.27. The number of piperazine rings is 1. The number of quaternary nitrogens is 2. The highest BCUT2D eigenvalue weighted by Crippen LogP contribution is 2.15. The van der Waals surface area contributed by atoms with Gasteiger partial charge in [-0.05, 0) is 24.3 Å². The van der Waals surface area contributed by atoms with Crippen LogP contribution in [0.3, 0.4) is 0 Å². The molecule has 1 heterocycles. The number of likely N-dealkylation sites (N-methyl/N-ethyl adjacent to an activating group) is 1. The highest BCUT2D eigenvalue weighted by molar-refractivity contribution is 6.30. The van der Waals surface area contributed by atoms with E-state index in [0.717, 1.165) is 23.9 Å². The molecule has 1 aliphatic rings. The van der Waals surface area contributed by atoms with Crippen LogP contribution in [0.2, 0.25) is 5.02 Å². The van der Waals surface area contributed by atoms with Crippen molar-refractivity contribution in [3.8, 4) is 5.75 Å². The van der Waals surface area contributed by atoms with E-state index in [1.165, 1.54) is 26.2 Å². The molecule has 2 rings (SSSR count). The molecule has 4 nitrogen and oxygen atoms in total. The zero-order valence-electron chi connectivity index (χ0n) is 12.2. The molecule has 0 unspecified atom stereocenters. The number of rotatable bonds is 7. The minimum atomic E-state index is 0.587. The van der Waals surface area contributed by atoms with E-state index in [0.29, 0.717) is 13.2 Å². The highest BCUT2D eigenvalue weighted by atomic mass is 35.5. The first-order valence-corrected chi connectivity index (χ1v) is 7.73. The average molecular weight is 301 g/mol. The van der Waals surface area contributed by atoms with Crippen LogP contribution in [0, 0.1) is 0 Å². The summed E-state index contributed by atoms with van der Waals surface area (Å²) in [5.74, 6) is 0.839. The van der Waals surface area contributed by atoms with Crippen molar-refractivity contribution in [2.75, 3.05) is 59.6 Å². The monoisotopic (exact) mass is 300 g/mol. The molecule has 0 aromatic heterocycles. The van der Waals surface area contributed by atoms with Gasteiger partial charge in [-0.1, -0.05) is 11.6 Å². The normalized spacial score (nSPS) is 22.7. The average Bonchev–Trinajstić information content (AvgIpc) is 2.46. The van der Waals surface area contributed by atoms with Crippen LogP contribution in [0.25, 0.3) is 0 Å². The number of ether oxygens (including phenoxy) is 2. The number of hydrogen-bond acceptors (Lipinski definition) is 2. The van der Waals surface area contributed by atoms with Crippen molar-refractivity contribution in [1.29, 1.82) is 0 Å². The highest BCUT2D eigenvalue weighted by Gasteiger charge is 2.18. The van der Waals surface area contributed by atoms with Crippen LogP contribution in [0.4, 0.5) is 0 Å². The van der Waals surface area contributed by atoms with E-state index in [-0.39, 0.29) is 0 Å².